The van der Waals surface area contributed by atoms with Crippen molar-refractivity contribution < 1.29 is 5.11 Å². The van der Waals surface area contributed by atoms with Crippen LogP contribution in [0.15, 0.2) is 0 Å². The molecule has 0 radical (unpaired) electrons. The molecule has 60 valence electrons. The lowest BCUT2D eigenvalue weighted by atomic mass is 10.0. The predicted molar refractivity (Wildman–Crippen MR) is 41.7 cm³/mol. The Hall–Kier alpha value is -0.0800. The van der Waals surface area contributed by atoms with E-state index in [4.69, 9.17) is 10.8 Å². The zero-order valence-electron chi connectivity index (χ0n) is 6.47. The summed E-state index contributed by atoms with van der Waals surface area (Å²) >= 11 is 0. The molecule has 1 aliphatic carbocycles. The van der Waals surface area contributed by atoms with Gasteiger partial charge in [0.15, 0.2) is 0 Å². The average molecular weight is 143 g/mol. The number of unbranched alkanes of at least 4 members (excludes halogenated alkanes) is 1. The van der Waals surface area contributed by atoms with Gasteiger partial charge in [-0.05, 0) is 37.6 Å². The number of aliphatic hydroxyl groups excluding tert-OH is 1. The second kappa shape index (κ2) is 3.35. The summed E-state index contributed by atoms with van der Waals surface area (Å²) in [7, 11) is 0. The van der Waals surface area contributed by atoms with Crippen LogP contribution in [-0.2, 0) is 0 Å². The van der Waals surface area contributed by atoms with Crippen LogP contribution in [0, 0.1) is 5.41 Å². The Morgan fingerprint density at radius 2 is 2.00 bits per heavy atom. The Balaban J connectivity index is 2.01. The molecule has 0 unspecified atom stereocenters. The van der Waals surface area contributed by atoms with Gasteiger partial charge in [-0.2, -0.15) is 0 Å². The maximum absolute atomic E-state index is 8.92. The fourth-order valence-corrected chi connectivity index (χ4v) is 1.31. The van der Waals surface area contributed by atoms with Crippen molar-refractivity contribution in [2.45, 2.75) is 32.1 Å². The van der Waals surface area contributed by atoms with Crippen LogP contribution in [0.4, 0.5) is 0 Å². The Morgan fingerprint density at radius 3 is 2.40 bits per heavy atom. The molecule has 1 rings (SSSR count). The van der Waals surface area contributed by atoms with Crippen LogP contribution in [0.5, 0.6) is 0 Å². The van der Waals surface area contributed by atoms with E-state index in [1.807, 2.05) is 0 Å². The highest BCUT2D eigenvalue weighted by atomic mass is 16.3. The third kappa shape index (κ3) is 1.96. The van der Waals surface area contributed by atoms with Gasteiger partial charge in [0.05, 0.1) is 0 Å². The van der Waals surface area contributed by atoms with E-state index in [-0.39, 0.29) is 0 Å². The van der Waals surface area contributed by atoms with Crippen LogP contribution in [0.3, 0.4) is 0 Å². The van der Waals surface area contributed by atoms with Crippen molar-refractivity contribution in [3.8, 4) is 0 Å². The SMILES string of the molecule is NCCCCC1(CO)CC1. The molecule has 0 heterocycles. The van der Waals surface area contributed by atoms with Gasteiger partial charge in [0.2, 0.25) is 0 Å². The quantitative estimate of drug-likeness (QED) is 0.561. The minimum Gasteiger partial charge on any atom is -0.396 e. The third-order valence-corrected chi connectivity index (χ3v) is 2.45. The van der Waals surface area contributed by atoms with Gasteiger partial charge >= 0.3 is 0 Å². The smallest absolute Gasteiger partial charge is 0.0487 e. The first kappa shape index (κ1) is 8.02. The molecular weight excluding hydrogens is 126 g/mol. The van der Waals surface area contributed by atoms with E-state index < -0.39 is 0 Å². The Morgan fingerprint density at radius 1 is 1.30 bits per heavy atom. The second-order valence-corrected chi connectivity index (χ2v) is 3.40. The van der Waals surface area contributed by atoms with E-state index in [0.717, 1.165) is 13.0 Å². The lowest BCUT2D eigenvalue weighted by Gasteiger charge is -2.09. The summed E-state index contributed by atoms with van der Waals surface area (Å²) < 4.78 is 0. The number of rotatable bonds is 5. The van der Waals surface area contributed by atoms with Crippen molar-refractivity contribution in [1.29, 1.82) is 0 Å². The van der Waals surface area contributed by atoms with E-state index >= 15 is 0 Å². The first-order chi connectivity index (χ1) is 4.83. The van der Waals surface area contributed by atoms with Gasteiger partial charge in [-0.1, -0.05) is 6.42 Å². The van der Waals surface area contributed by atoms with Crippen molar-refractivity contribution in [2.75, 3.05) is 13.2 Å². The topological polar surface area (TPSA) is 46.2 Å². The van der Waals surface area contributed by atoms with Crippen molar-refractivity contribution in [3.05, 3.63) is 0 Å². The number of hydrogen-bond donors (Lipinski definition) is 2. The van der Waals surface area contributed by atoms with E-state index in [1.54, 1.807) is 0 Å². The van der Waals surface area contributed by atoms with Gasteiger partial charge < -0.3 is 10.8 Å². The molecule has 0 aromatic rings. The van der Waals surface area contributed by atoms with Crippen LogP contribution >= 0.6 is 0 Å². The number of aliphatic hydroxyl groups is 1. The van der Waals surface area contributed by atoms with Gasteiger partial charge in [0, 0.05) is 6.61 Å². The van der Waals surface area contributed by atoms with Crippen LogP contribution in [0.1, 0.15) is 32.1 Å². The summed E-state index contributed by atoms with van der Waals surface area (Å²) in [6, 6.07) is 0. The highest BCUT2D eigenvalue weighted by molar-refractivity contribution is 4.91. The molecule has 10 heavy (non-hydrogen) atoms. The fourth-order valence-electron chi connectivity index (χ4n) is 1.31. The maximum atomic E-state index is 8.92. The first-order valence-corrected chi connectivity index (χ1v) is 4.14. The molecule has 3 N–H and O–H groups in total. The van der Waals surface area contributed by atoms with Crippen LogP contribution in [0.25, 0.3) is 0 Å². The minimum atomic E-state index is 0.342. The first-order valence-electron chi connectivity index (χ1n) is 4.14. The van der Waals surface area contributed by atoms with Crippen molar-refractivity contribution in [1.82, 2.24) is 0 Å². The molecule has 1 aliphatic rings. The standard InChI is InChI=1S/C8H17NO/c9-6-2-1-3-8(7-10)4-5-8/h10H,1-7,9H2. The molecule has 1 saturated carbocycles. The molecule has 0 saturated heterocycles. The molecular formula is C8H17NO. The summed E-state index contributed by atoms with van der Waals surface area (Å²) in [5, 5.41) is 8.92. The van der Waals surface area contributed by atoms with E-state index in [0.29, 0.717) is 12.0 Å². The molecule has 0 bridgehead atoms. The molecule has 0 aromatic heterocycles. The fraction of sp³-hybridized carbons (Fsp3) is 1.00. The molecule has 0 aliphatic heterocycles. The summed E-state index contributed by atoms with van der Waals surface area (Å²) in [6.45, 7) is 1.18. The summed E-state index contributed by atoms with van der Waals surface area (Å²) in [5.74, 6) is 0. The molecule has 0 amide bonds. The van der Waals surface area contributed by atoms with Crippen molar-refractivity contribution in [3.63, 3.8) is 0 Å². The highest BCUT2D eigenvalue weighted by Crippen LogP contribution is 2.49. The summed E-state index contributed by atoms with van der Waals surface area (Å²) in [6.07, 6.45) is 5.95. The zero-order chi connectivity index (χ0) is 7.45. The molecule has 0 spiro atoms. The lowest BCUT2D eigenvalue weighted by Crippen LogP contribution is -2.07. The molecule has 0 atom stereocenters. The number of hydrogen-bond acceptors (Lipinski definition) is 2. The molecule has 0 aromatic carbocycles. The summed E-state index contributed by atoms with van der Waals surface area (Å²) in [4.78, 5) is 0. The predicted octanol–water partition coefficient (Wildman–Crippen LogP) is 0.888. The largest absolute Gasteiger partial charge is 0.396 e. The third-order valence-electron chi connectivity index (χ3n) is 2.45. The summed E-state index contributed by atoms with van der Waals surface area (Å²) in [5.41, 5.74) is 5.70. The van der Waals surface area contributed by atoms with Crippen molar-refractivity contribution >= 4 is 0 Å². The van der Waals surface area contributed by atoms with Gasteiger partial charge in [-0.15, -0.1) is 0 Å². The molecule has 2 nitrogen and oxygen atoms in total. The van der Waals surface area contributed by atoms with E-state index in [9.17, 15) is 0 Å². The monoisotopic (exact) mass is 143 g/mol. The van der Waals surface area contributed by atoms with E-state index in [1.165, 1.54) is 25.7 Å². The molecule has 2 heteroatoms. The average Bonchev–Trinajstić information content (AvgIpc) is 2.70. The Bertz CT molecular complexity index is 99.4. The second-order valence-electron chi connectivity index (χ2n) is 3.40. The van der Waals surface area contributed by atoms with Gasteiger partial charge in [0.25, 0.3) is 0 Å². The van der Waals surface area contributed by atoms with Gasteiger partial charge in [-0.25, -0.2) is 0 Å². The minimum absolute atomic E-state index is 0.342. The maximum Gasteiger partial charge on any atom is 0.0487 e. The van der Waals surface area contributed by atoms with Gasteiger partial charge in [0.1, 0.15) is 0 Å². The highest BCUT2D eigenvalue weighted by Gasteiger charge is 2.40. The zero-order valence-corrected chi connectivity index (χ0v) is 6.47. The Kier molecular flexibility index (Phi) is 2.69. The van der Waals surface area contributed by atoms with E-state index in [2.05, 4.69) is 0 Å². The lowest BCUT2D eigenvalue weighted by molar-refractivity contribution is 0.200. The Labute approximate surface area is 62.4 Å². The van der Waals surface area contributed by atoms with Crippen molar-refractivity contribution in [2.24, 2.45) is 11.1 Å². The van der Waals surface area contributed by atoms with Gasteiger partial charge in [-0.3, -0.25) is 0 Å². The van der Waals surface area contributed by atoms with Crippen LogP contribution in [-0.4, -0.2) is 18.3 Å². The van der Waals surface area contributed by atoms with Crippen LogP contribution < -0.4 is 5.73 Å². The number of nitrogens with two attached hydrogens (primary N) is 1. The molecule has 1 fully saturated rings. The van der Waals surface area contributed by atoms with Crippen LogP contribution in [0.2, 0.25) is 0 Å². The normalized spacial score (nSPS) is 21.0.